The van der Waals surface area contributed by atoms with Crippen LogP contribution in [0.5, 0.6) is 0 Å². The van der Waals surface area contributed by atoms with E-state index in [-0.39, 0.29) is 10.0 Å². The Morgan fingerprint density at radius 1 is 1.24 bits per heavy atom. The van der Waals surface area contributed by atoms with Gasteiger partial charge in [-0.05, 0) is 36.5 Å². The van der Waals surface area contributed by atoms with E-state index in [2.05, 4.69) is 5.10 Å². The molecule has 0 aliphatic heterocycles. The Bertz CT molecular complexity index is 553. The van der Waals surface area contributed by atoms with Gasteiger partial charge in [-0.25, -0.2) is 9.07 Å². The van der Waals surface area contributed by atoms with Crippen LogP contribution in [0.15, 0.2) is 24.5 Å². The van der Waals surface area contributed by atoms with Gasteiger partial charge in [0.2, 0.25) is 0 Å². The zero-order valence-corrected chi connectivity index (χ0v) is 10.3. The molecule has 0 saturated heterocycles. The van der Waals surface area contributed by atoms with Crippen LogP contribution in [-0.4, -0.2) is 9.78 Å². The highest BCUT2D eigenvalue weighted by atomic mass is 35.5. The number of rotatable bonds is 2. The van der Waals surface area contributed by atoms with Crippen LogP contribution in [0.4, 0.5) is 4.39 Å². The fourth-order valence-electron chi connectivity index (χ4n) is 1.84. The Balaban J connectivity index is 2.07. The number of nitrogens with zero attached hydrogens (tertiary/aromatic N) is 2. The molecule has 1 aliphatic carbocycles. The summed E-state index contributed by atoms with van der Waals surface area (Å²) < 4.78 is 14.7. The van der Waals surface area contributed by atoms with Crippen LogP contribution >= 0.6 is 23.2 Å². The van der Waals surface area contributed by atoms with Gasteiger partial charge in [0.15, 0.2) is 0 Å². The minimum atomic E-state index is -0.446. The SMILES string of the molecule is Fc1cc(Cl)c(-n2cc(C3CC3)cn2)c(Cl)c1. The third-order valence-corrected chi connectivity index (χ3v) is 3.44. The summed E-state index contributed by atoms with van der Waals surface area (Å²) in [5.41, 5.74) is 1.71. The van der Waals surface area contributed by atoms with Gasteiger partial charge in [0, 0.05) is 6.20 Å². The van der Waals surface area contributed by atoms with Crippen LogP contribution in [0.3, 0.4) is 0 Å². The minimum absolute atomic E-state index is 0.264. The van der Waals surface area contributed by atoms with Crippen LogP contribution in [0.2, 0.25) is 10.0 Å². The number of hydrogen-bond donors (Lipinski definition) is 0. The Labute approximate surface area is 108 Å². The predicted octanol–water partition coefficient (Wildman–Crippen LogP) is 4.20. The first-order valence-corrected chi connectivity index (χ1v) is 6.10. The van der Waals surface area contributed by atoms with Crippen molar-refractivity contribution in [3.8, 4) is 5.69 Å². The molecule has 1 saturated carbocycles. The third kappa shape index (κ3) is 2.05. The van der Waals surface area contributed by atoms with Crippen molar-refractivity contribution in [2.45, 2.75) is 18.8 Å². The summed E-state index contributed by atoms with van der Waals surface area (Å²) in [6.45, 7) is 0. The molecule has 0 atom stereocenters. The summed E-state index contributed by atoms with van der Waals surface area (Å²) in [4.78, 5) is 0. The molecule has 1 aliphatic rings. The van der Waals surface area contributed by atoms with Crippen molar-refractivity contribution < 1.29 is 4.39 Å². The lowest BCUT2D eigenvalue weighted by Gasteiger charge is -2.06. The Morgan fingerprint density at radius 2 is 1.88 bits per heavy atom. The number of aromatic nitrogens is 2. The van der Waals surface area contributed by atoms with E-state index >= 15 is 0 Å². The molecule has 5 heteroatoms. The van der Waals surface area contributed by atoms with Crippen molar-refractivity contribution in [1.82, 2.24) is 9.78 Å². The van der Waals surface area contributed by atoms with Crippen LogP contribution in [0.1, 0.15) is 24.3 Å². The van der Waals surface area contributed by atoms with Gasteiger partial charge < -0.3 is 0 Å². The quantitative estimate of drug-likeness (QED) is 0.800. The Kier molecular flexibility index (Phi) is 2.60. The highest BCUT2D eigenvalue weighted by Crippen LogP contribution is 2.40. The van der Waals surface area contributed by atoms with E-state index in [9.17, 15) is 4.39 Å². The maximum absolute atomic E-state index is 13.1. The van der Waals surface area contributed by atoms with Gasteiger partial charge >= 0.3 is 0 Å². The van der Waals surface area contributed by atoms with Crippen molar-refractivity contribution in [3.05, 3.63) is 46.0 Å². The lowest BCUT2D eigenvalue weighted by molar-refractivity contribution is 0.627. The van der Waals surface area contributed by atoms with Gasteiger partial charge in [-0.1, -0.05) is 23.2 Å². The zero-order valence-electron chi connectivity index (χ0n) is 8.83. The molecule has 0 N–H and O–H groups in total. The molecule has 1 aromatic carbocycles. The predicted molar refractivity (Wildman–Crippen MR) is 65.5 cm³/mol. The lowest BCUT2D eigenvalue weighted by Crippen LogP contribution is -1.97. The van der Waals surface area contributed by atoms with Gasteiger partial charge in [0.1, 0.15) is 11.5 Å². The van der Waals surface area contributed by atoms with E-state index in [1.807, 2.05) is 12.4 Å². The van der Waals surface area contributed by atoms with Gasteiger partial charge in [-0.3, -0.25) is 0 Å². The summed E-state index contributed by atoms with van der Waals surface area (Å²) in [6, 6.07) is 2.47. The highest BCUT2D eigenvalue weighted by molar-refractivity contribution is 6.37. The summed E-state index contributed by atoms with van der Waals surface area (Å²) in [5.74, 6) is 0.167. The van der Waals surface area contributed by atoms with Crippen molar-refractivity contribution in [3.63, 3.8) is 0 Å². The second-order valence-electron chi connectivity index (χ2n) is 4.21. The van der Waals surface area contributed by atoms with Crippen molar-refractivity contribution in [2.24, 2.45) is 0 Å². The molecule has 0 radical (unpaired) electrons. The van der Waals surface area contributed by atoms with Crippen LogP contribution < -0.4 is 0 Å². The summed E-state index contributed by atoms with van der Waals surface area (Å²) >= 11 is 12.0. The van der Waals surface area contributed by atoms with E-state index in [0.29, 0.717) is 11.6 Å². The standard InChI is InChI=1S/C12H9Cl2FN2/c13-10-3-9(15)4-11(14)12(10)17-6-8(5-16-17)7-1-2-7/h3-7H,1-2H2. The molecule has 3 rings (SSSR count). The van der Waals surface area contributed by atoms with E-state index in [0.717, 1.165) is 0 Å². The summed E-state index contributed by atoms with van der Waals surface area (Å²) in [7, 11) is 0. The fraction of sp³-hybridized carbons (Fsp3) is 0.250. The largest absolute Gasteiger partial charge is 0.238 e. The monoisotopic (exact) mass is 270 g/mol. The van der Waals surface area contributed by atoms with Gasteiger partial charge in [-0.15, -0.1) is 0 Å². The molecule has 1 heterocycles. The first kappa shape index (κ1) is 11.1. The molecule has 0 bridgehead atoms. The van der Waals surface area contributed by atoms with Gasteiger partial charge in [0.05, 0.1) is 16.2 Å². The van der Waals surface area contributed by atoms with Crippen LogP contribution in [-0.2, 0) is 0 Å². The average molecular weight is 271 g/mol. The van der Waals surface area contributed by atoms with Crippen LogP contribution in [0, 0.1) is 5.82 Å². The van der Waals surface area contributed by atoms with Crippen molar-refractivity contribution in [1.29, 1.82) is 0 Å². The maximum atomic E-state index is 13.1. The second-order valence-corrected chi connectivity index (χ2v) is 5.02. The Morgan fingerprint density at radius 3 is 2.47 bits per heavy atom. The molecule has 17 heavy (non-hydrogen) atoms. The van der Waals surface area contributed by atoms with Crippen molar-refractivity contribution >= 4 is 23.2 Å². The third-order valence-electron chi connectivity index (χ3n) is 2.86. The fourth-order valence-corrected chi connectivity index (χ4v) is 2.47. The smallest absolute Gasteiger partial charge is 0.126 e. The van der Waals surface area contributed by atoms with Gasteiger partial charge in [0.25, 0.3) is 0 Å². The van der Waals surface area contributed by atoms with E-state index in [1.54, 1.807) is 4.68 Å². The zero-order chi connectivity index (χ0) is 12.0. The van der Waals surface area contributed by atoms with Crippen LogP contribution in [0.25, 0.3) is 5.69 Å². The number of hydrogen-bond acceptors (Lipinski definition) is 1. The molecule has 0 spiro atoms. The molecule has 88 valence electrons. The van der Waals surface area contributed by atoms with E-state index in [4.69, 9.17) is 23.2 Å². The maximum Gasteiger partial charge on any atom is 0.126 e. The Hall–Kier alpha value is -1.06. The van der Waals surface area contributed by atoms with E-state index in [1.165, 1.54) is 30.5 Å². The first-order valence-electron chi connectivity index (χ1n) is 5.34. The van der Waals surface area contributed by atoms with Gasteiger partial charge in [-0.2, -0.15) is 5.10 Å². The summed E-state index contributed by atoms with van der Waals surface area (Å²) in [5, 5.41) is 4.75. The number of benzene rings is 1. The molecular weight excluding hydrogens is 262 g/mol. The molecule has 1 aromatic heterocycles. The molecule has 0 amide bonds. The molecular formula is C12H9Cl2FN2. The number of halogens is 3. The normalized spacial score (nSPS) is 15.2. The lowest BCUT2D eigenvalue weighted by atomic mass is 10.2. The van der Waals surface area contributed by atoms with Crippen molar-refractivity contribution in [2.75, 3.05) is 0 Å². The first-order chi connectivity index (χ1) is 8.15. The minimum Gasteiger partial charge on any atom is -0.238 e. The second kappa shape index (κ2) is 4.00. The molecule has 0 unspecified atom stereocenters. The highest BCUT2D eigenvalue weighted by Gasteiger charge is 2.25. The topological polar surface area (TPSA) is 17.8 Å². The molecule has 1 fully saturated rings. The molecule has 2 nitrogen and oxygen atoms in total. The summed E-state index contributed by atoms with van der Waals surface area (Å²) in [6.07, 6.45) is 6.13. The average Bonchev–Trinajstić information content (AvgIpc) is 2.98. The van der Waals surface area contributed by atoms with E-state index < -0.39 is 5.82 Å². The molecule has 2 aromatic rings.